The number of allylic oxidation sites excluding steroid dienone is 5. The van der Waals surface area contributed by atoms with Gasteiger partial charge in [0.05, 0.1) is 12.7 Å². The molecular weight excluding hydrogens is 500 g/mol. The van der Waals surface area contributed by atoms with Crippen LogP contribution in [0.1, 0.15) is 84.0 Å². The van der Waals surface area contributed by atoms with Gasteiger partial charge in [0.25, 0.3) is 0 Å². The number of rotatable bonds is 5. The van der Waals surface area contributed by atoms with Crippen LogP contribution in [-0.4, -0.2) is 35.7 Å². The van der Waals surface area contributed by atoms with E-state index in [9.17, 15) is 0 Å². The van der Waals surface area contributed by atoms with Crippen LogP contribution in [0.2, 0.25) is 0 Å². The second kappa shape index (κ2) is 13.2. The van der Waals surface area contributed by atoms with Gasteiger partial charge in [-0.15, -0.1) is 0 Å². The number of anilines is 1. The van der Waals surface area contributed by atoms with Crippen molar-refractivity contribution in [1.29, 1.82) is 0 Å². The molecule has 1 fully saturated rings. The fourth-order valence-corrected chi connectivity index (χ4v) is 6.64. The highest BCUT2D eigenvalue weighted by atomic mass is 15.3. The van der Waals surface area contributed by atoms with Gasteiger partial charge < -0.3 is 9.80 Å². The monoisotopic (exact) mass is 552 g/mol. The van der Waals surface area contributed by atoms with Gasteiger partial charge in [-0.1, -0.05) is 83.0 Å². The van der Waals surface area contributed by atoms with Crippen molar-refractivity contribution in [3.05, 3.63) is 95.0 Å². The minimum Gasteiger partial charge on any atom is -0.344 e. The van der Waals surface area contributed by atoms with Crippen LogP contribution in [0.25, 0.3) is 11.1 Å². The molecule has 0 amide bonds. The SMILES string of the molecule is C/C=C(/C1=CC(C)C(C)Cc2ccccc21)N1C=CC(c2cnc(N3CCCCCCNC3)c(C)c2)=CC1C(C)C.[HH]. The third-order valence-corrected chi connectivity index (χ3v) is 9.29. The van der Waals surface area contributed by atoms with Crippen LogP contribution in [0.3, 0.4) is 0 Å². The molecule has 2 aliphatic heterocycles. The summed E-state index contributed by atoms with van der Waals surface area (Å²) in [6.07, 6.45) is 20.2. The largest absolute Gasteiger partial charge is 0.344 e. The molecule has 0 radical (unpaired) electrons. The highest BCUT2D eigenvalue weighted by Gasteiger charge is 2.29. The van der Waals surface area contributed by atoms with E-state index in [1.165, 1.54) is 64.8 Å². The maximum atomic E-state index is 5.02. The first-order chi connectivity index (χ1) is 19.9. The summed E-state index contributed by atoms with van der Waals surface area (Å²) in [4.78, 5) is 9.95. The third kappa shape index (κ3) is 6.54. The predicted molar refractivity (Wildman–Crippen MR) is 178 cm³/mol. The number of aryl methyl sites for hydroxylation is 1. The summed E-state index contributed by atoms with van der Waals surface area (Å²) < 4.78 is 0. The van der Waals surface area contributed by atoms with Crippen molar-refractivity contribution in [2.75, 3.05) is 24.7 Å². The normalized spacial score (nSPS) is 24.2. The van der Waals surface area contributed by atoms with Crippen molar-refractivity contribution in [2.45, 2.75) is 79.7 Å². The molecular formula is C37H52N4. The first kappa shape index (κ1) is 29.4. The molecule has 1 aromatic heterocycles. The summed E-state index contributed by atoms with van der Waals surface area (Å²) in [6.45, 7) is 16.9. The summed E-state index contributed by atoms with van der Waals surface area (Å²) in [5.74, 6) is 2.70. The average Bonchev–Trinajstić information content (AvgIpc) is 3.04. The van der Waals surface area contributed by atoms with Crippen molar-refractivity contribution in [3.8, 4) is 0 Å². The lowest BCUT2D eigenvalue weighted by Gasteiger charge is -2.37. The van der Waals surface area contributed by atoms with Gasteiger partial charge in [0.15, 0.2) is 0 Å². The average molecular weight is 553 g/mol. The Morgan fingerprint density at radius 2 is 1.90 bits per heavy atom. The summed E-state index contributed by atoms with van der Waals surface area (Å²) >= 11 is 0. The van der Waals surface area contributed by atoms with Gasteiger partial charge in [-0.3, -0.25) is 5.32 Å². The number of benzene rings is 1. The predicted octanol–water partition coefficient (Wildman–Crippen LogP) is 8.62. The Morgan fingerprint density at radius 3 is 2.68 bits per heavy atom. The molecule has 3 atom stereocenters. The fraction of sp³-hybridized carbons (Fsp3) is 0.486. The Labute approximate surface area is 250 Å². The first-order valence-electron chi connectivity index (χ1n) is 15.9. The molecule has 1 saturated heterocycles. The van der Waals surface area contributed by atoms with Gasteiger partial charge in [-0.05, 0) is 91.8 Å². The fourth-order valence-electron chi connectivity index (χ4n) is 6.64. The number of pyridine rings is 1. The lowest BCUT2D eigenvalue weighted by atomic mass is 9.90. The Morgan fingerprint density at radius 1 is 1.10 bits per heavy atom. The number of nitrogens with zero attached hydrogens (tertiary/aromatic N) is 3. The topological polar surface area (TPSA) is 31.4 Å². The van der Waals surface area contributed by atoms with Crippen LogP contribution in [-0.2, 0) is 6.42 Å². The van der Waals surface area contributed by atoms with Gasteiger partial charge in [0, 0.05) is 37.2 Å². The van der Waals surface area contributed by atoms with Crippen LogP contribution in [0.5, 0.6) is 0 Å². The lowest BCUT2D eigenvalue weighted by molar-refractivity contribution is 0.325. The minimum absolute atomic E-state index is 0. The number of fused-ring (bicyclic) bond motifs is 1. The van der Waals surface area contributed by atoms with Crippen molar-refractivity contribution in [2.24, 2.45) is 17.8 Å². The first-order valence-corrected chi connectivity index (χ1v) is 15.9. The highest BCUT2D eigenvalue weighted by molar-refractivity contribution is 5.82. The van der Waals surface area contributed by atoms with E-state index in [1.54, 1.807) is 0 Å². The summed E-state index contributed by atoms with van der Waals surface area (Å²) in [5.41, 5.74) is 9.22. The Kier molecular flexibility index (Phi) is 9.49. The van der Waals surface area contributed by atoms with Gasteiger partial charge >= 0.3 is 0 Å². The van der Waals surface area contributed by atoms with Crippen molar-refractivity contribution in [3.63, 3.8) is 0 Å². The van der Waals surface area contributed by atoms with Crippen LogP contribution in [0, 0.1) is 24.7 Å². The maximum Gasteiger partial charge on any atom is 0.132 e. The van der Waals surface area contributed by atoms with Crippen molar-refractivity contribution < 1.29 is 1.43 Å². The van der Waals surface area contributed by atoms with E-state index in [-0.39, 0.29) is 7.47 Å². The van der Waals surface area contributed by atoms with E-state index in [2.05, 4.69) is 124 Å². The Balaban J connectivity index is 0.00000405. The van der Waals surface area contributed by atoms with Crippen molar-refractivity contribution in [1.82, 2.24) is 15.2 Å². The van der Waals surface area contributed by atoms with E-state index >= 15 is 0 Å². The number of aromatic nitrogens is 1. The van der Waals surface area contributed by atoms with Gasteiger partial charge in [0.2, 0.25) is 0 Å². The molecule has 4 heteroatoms. The molecule has 220 valence electrons. The molecule has 1 N–H and O–H groups in total. The van der Waals surface area contributed by atoms with Gasteiger partial charge in [0.1, 0.15) is 5.82 Å². The highest BCUT2D eigenvalue weighted by Crippen LogP contribution is 2.39. The molecule has 3 aliphatic rings. The van der Waals surface area contributed by atoms with E-state index in [4.69, 9.17) is 4.98 Å². The van der Waals surface area contributed by atoms with Gasteiger partial charge in [-0.25, -0.2) is 4.98 Å². The molecule has 5 rings (SSSR count). The van der Waals surface area contributed by atoms with Crippen LogP contribution >= 0.6 is 0 Å². The van der Waals surface area contributed by atoms with Gasteiger partial charge in [-0.2, -0.15) is 0 Å². The third-order valence-electron chi connectivity index (χ3n) is 9.29. The van der Waals surface area contributed by atoms with E-state index in [1.807, 2.05) is 0 Å². The molecule has 2 aromatic rings. The Hall–Kier alpha value is -3.11. The zero-order valence-corrected chi connectivity index (χ0v) is 26.2. The molecule has 3 unspecified atom stereocenters. The lowest BCUT2D eigenvalue weighted by Crippen LogP contribution is -2.36. The standard InChI is InChI=1S/C37H50N4.H2/c1-7-35(34-22-28(5)27(4)20-31-14-10-11-15-33(31)34)41-19-16-30(23-36(41)26(2)3)32-21-29(6)37(39-24-32)40-18-13-9-8-12-17-38-25-40;/h7,10-11,14-16,19,21-24,26-28,36,38H,8-9,12-13,17-18,20,25H2,1-6H3;1H/b35-7-;. The maximum absolute atomic E-state index is 5.02. The molecule has 41 heavy (non-hydrogen) atoms. The van der Waals surface area contributed by atoms with Crippen LogP contribution in [0.15, 0.2) is 72.7 Å². The molecule has 3 heterocycles. The summed E-state index contributed by atoms with van der Waals surface area (Å²) in [6, 6.07) is 11.6. The Bertz CT molecular complexity index is 1330. The van der Waals surface area contributed by atoms with Crippen LogP contribution in [0.4, 0.5) is 5.82 Å². The summed E-state index contributed by atoms with van der Waals surface area (Å²) in [7, 11) is 0. The smallest absolute Gasteiger partial charge is 0.132 e. The number of hydrogen-bond donors (Lipinski definition) is 1. The molecule has 4 nitrogen and oxygen atoms in total. The van der Waals surface area contributed by atoms with Crippen molar-refractivity contribution >= 4 is 17.0 Å². The molecule has 0 saturated carbocycles. The molecule has 0 spiro atoms. The molecule has 1 aliphatic carbocycles. The van der Waals surface area contributed by atoms with E-state index < -0.39 is 0 Å². The molecule has 0 bridgehead atoms. The quantitative estimate of drug-likeness (QED) is 0.402. The number of nitrogens with one attached hydrogen (secondary N) is 1. The van der Waals surface area contributed by atoms with Crippen LogP contribution < -0.4 is 10.2 Å². The molecule has 1 aromatic carbocycles. The number of hydrogen-bond acceptors (Lipinski definition) is 4. The minimum atomic E-state index is 0. The summed E-state index contributed by atoms with van der Waals surface area (Å²) in [5, 5.41) is 3.61. The zero-order valence-electron chi connectivity index (χ0n) is 26.2. The zero-order chi connectivity index (χ0) is 28.9. The second-order valence-electron chi connectivity index (χ2n) is 12.7. The second-order valence-corrected chi connectivity index (χ2v) is 12.7. The van der Waals surface area contributed by atoms with E-state index in [0.717, 1.165) is 32.0 Å². The van der Waals surface area contributed by atoms with E-state index in [0.29, 0.717) is 17.8 Å².